The van der Waals surface area contributed by atoms with Crippen molar-refractivity contribution in [2.75, 3.05) is 52.4 Å². The fourth-order valence-corrected chi connectivity index (χ4v) is 4.92. The number of carbonyl (C=O) groups excluding carboxylic acids is 1. The summed E-state index contributed by atoms with van der Waals surface area (Å²) in [5, 5.41) is 3.36. The molecule has 5 nitrogen and oxygen atoms in total. The average Bonchev–Trinajstić information content (AvgIpc) is 2.75. The van der Waals surface area contributed by atoms with Gasteiger partial charge in [-0.1, -0.05) is 30.3 Å². The highest BCUT2D eigenvalue weighted by Gasteiger charge is 2.31. The number of amides is 1. The van der Waals surface area contributed by atoms with E-state index in [4.69, 9.17) is 0 Å². The van der Waals surface area contributed by atoms with Crippen LogP contribution in [-0.4, -0.2) is 79.0 Å². The second kappa shape index (κ2) is 9.18. The van der Waals surface area contributed by atoms with E-state index in [1.165, 1.54) is 31.5 Å². The van der Waals surface area contributed by atoms with Gasteiger partial charge in [-0.05, 0) is 57.4 Å². The van der Waals surface area contributed by atoms with E-state index in [-0.39, 0.29) is 5.92 Å². The number of carbonyl (C=O) groups is 1. The minimum absolute atomic E-state index is 0.263. The van der Waals surface area contributed by atoms with Gasteiger partial charge < -0.3 is 10.2 Å². The highest BCUT2D eigenvalue weighted by molar-refractivity contribution is 5.79. The van der Waals surface area contributed by atoms with Crippen molar-refractivity contribution in [2.24, 2.45) is 5.92 Å². The summed E-state index contributed by atoms with van der Waals surface area (Å²) < 4.78 is 0. The van der Waals surface area contributed by atoms with Crippen LogP contribution in [0.1, 0.15) is 31.2 Å². The number of hydrogen-bond acceptors (Lipinski definition) is 4. The summed E-state index contributed by atoms with van der Waals surface area (Å²) in [6, 6.07) is 11.5. The summed E-state index contributed by atoms with van der Waals surface area (Å²) in [6.45, 7) is 9.41. The standard InChI is InChI=1S/C22H34N4O/c27-22(20-6-10-23-11-7-20)26-16-14-25(15-17-26)21-8-12-24(13-9-21)18-19-4-2-1-3-5-19/h1-5,20-21,23H,6-18H2. The first-order chi connectivity index (χ1) is 13.3. The number of rotatable bonds is 4. The van der Waals surface area contributed by atoms with Crippen molar-refractivity contribution in [1.82, 2.24) is 20.0 Å². The minimum atomic E-state index is 0.263. The molecule has 3 heterocycles. The Morgan fingerprint density at radius 1 is 0.889 bits per heavy atom. The number of likely N-dealkylation sites (tertiary alicyclic amines) is 1. The van der Waals surface area contributed by atoms with E-state index in [0.29, 0.717) is 11.9 Å². The summed E-state index contributed by atoms with van der Waals surface area (Å²) in [5.74, 6) is 0.674. The largest absolute Gasteiger partial charge is 0.340 e. The minimum Gasteiger partial charge on any atom is -0.340 e. The number of nitrogens with zero attached hydrogens (tertiary/aromatic N) is 3. The van der Waals surface area contributed by atoms with Crippen molar-refractivity contribution in [3.63, 3.8) is 0 Å². The maximum atomic E-state index is 12.7. The second-order valence-corrected chi connectivity index (χ2v) is 8.38. The Hall–Kier alpha value is -1.43. The fraction of sp³-hybridized carbons (Fsp3) is 0.682. The highest BCUT2D eigenvalue weighted by atomic mass is 16.2. The lowest BCUT2D eigenvalue weighted by Crippen LogP contribution is -2.55. The van der Waals surface area contributed by atoms with Gasteiger partial charge in [0.1, 0.15) is 0 Å². The molecule has 1 amide bonds. The fourth-order valence-electron chi connectivity index (χ4n) is 4.92. The van der Waals surface area contributed by atoms with E-state index in [9.17, 15) is 4.79 Å². The molecule has 0 saturated carbocycles. The Labute approximate surface area is 163 Å². The average molecular weight is 371 g/mol. The van der Waals surface area contributed by atoms with Gasteiger partial charge in [0.2, 0.25) is 5.91 Å². The van der Waals surface area contributed by atoms with Crippen LogP contribution >= 0.6 is 0 Å². The zero-order chi connectivity index (χ0) is 18.5. The molecule has 3 aliphatic heterocycles. The molecule has 3 aliphatic rings. The van der Waals surface area contributed by atoms with Crippen LogP contribution in [0.5, 0.6) is 0 Å². The molecule has 27 heavy (non-hydrogen) atoms. The van der Waals surface area contributed by atoms with E-state index in [0.717, 1.165) is 58.7 Å². The first kappa shape index (κ1) is 18.9. The molecule has 0 aromatic heterocycles. The van der Waals surface area contributed by atoms with Gasteiger partial charge in [-0.2, -0.15) is 0 Å². The molecule has 0 bridgehead atoms. The monoisotopic (exact) mass is 370 g/mol. The molecular formula is C22H34N4O. The molecule has 0 aliphatic carbocycles. The van der Waals surface area contributed by atoms with E-state index in [1.54, 1.807) is 0 Å². The maximum Gasteiger partial charge on any atom is 0.225 e. The highest BCUT2D eigenvalue weighted by Crippen LogP contribution is 2.21. The summed E-state index contributed by atoms with van der Waals surface area (Å²) in [5.41, 5.74) is 1.42. The Morgan fingerprint density at radius 2 is 1.56 bits per heavy atom. The third-order valence-electron chi connectivity index (χ3n) is 6.64. The third-order valence-corrected chi connectivity index (χ3v) is 6.64. The summed E-state index contributed by atoms with van der Waals surface area (Å²) >= 11 is 0. The zero-order valence-corrected chi connectivity index (χ0v) is 16.5. The molecule has 0 radical (unpaired) electrons. The third kappa shape index (κ3) is 4.89. The second-order valence-electron chi connectivity index (χ2n) is 8.38. The van der Waals surface area contributed by atoms with Gasteiger partial charge in [0.25, 0.3) is 0 Å². The lowest BCUT2D eigenvalue weighted by molar-refractivity contribution is -0.138. The van der Waals surface area contributed by atoms with Crippen molar-refractivity contribution in [1.29, 1.82) is 0 Å². The van der Waals surface area contributed by atoms with Crippen LogP contribution in [0.4, 0.5) is 0 Å². The first-order valence-corrected chi connectivity index (χ1v) is 10.8. The molecule has 148 valence electrons. The Balaban J connectivity index is 1.20. The van der Waals surface area contributed by atoms with Gasteiger partial charge in [0.05, 0.1) is 0 Å². The van der Waals surface area contributed by atoms with Crippen LogP contribution in [0.25, 0.3) is 0 Å². The Morgan fingerprint density at radius 3 is 2.22 bits per heavy atom. The SMILES string of the molecule is O=C(C1CCNCC1)N1CCN(C2CCN(Cc3ccccc3)CC2)CC1. The van der Waals surface area contributed by atoms with Gasteiger partial charge in [-0.15, -0.1) is 0 Å². The number of benzene rings is 1. The molecule has 1 N–H and O–H groups in total. The summed E-state index contributed by atoms with van der Waals surface area (Å²) in [4.78, 5) is 20.1. The van der Waals surface area contributed by atoms with Crippen molar-refractivity contribution in [2.45, 2.75) is 38.3 Å². The van der Waals surface area contributed by atoms with Gasteiger partial charge >= 0.3 is 0 Å². The van der Waals surface area contributed by atoms with Gasteiger partial charge in [0, 0.05) is 44.7 Å². The Kier molecular flexibility index (Phi) is 6.43. The predicted molar refractivity (Wildman–Crippen MR) is 108 cm³/mol. The maximum absolute atomic E-state index is 12.7. The van der Waals surface area contributed by atoms with Crippen molar-refractivity contribution in [3.05, 3.63) is 35.9 Å². The first-order valence-electron chi connectivity index (χ1n) is 10.8. The number of nitrogens with one attached hydrogen (secondary N) is 1. The molecule has 0 spiro atoms. The molecule has 1 aromatic rings. The van der Waals surface area contributed by atoms with Crippen molar-refractivity contribution in [3.8, 4) is 0 Å². The van der Waals surface area contributed by atoms with E-state index in [2.05, 4.69) is 50.3 Å². The van der Waals surface area contributed by atoms with E-state index >= 15 is 0 Å². The summed E-state index contributed by atoms with van der Waals surface area (Å²) in [7, 11) is 0. The topological polar surface area (TPSA) is 38.8 Å². The summed E-state index contributed by atoms with van der Waals surface area (Å²) in [6.07, 6.45) is 4.54. The van der Waals surface area contributed by atoms with Crippen molar-refractivity contribution >= 4 is 5.91 Å². The normalized spacial score (nSPS) is 24.2. The molecular weight excluding hydrogens is 336 g/mol. The molecule has 0 unspecified atom stereocenters. The predicted octanol–water partition coefficient (Wildman–Crippen LogP) is 1.79. The van der Waals surface area contributed by atoms with E-state index in [1.807, 2.05) is 0 Å². The molecule has 3 saturated heterocycles. The van der Waals surface area contributed by atoms with Crippen LogP contribution in [-0.2, 0) is 11.3 Å². The molecule has 5 heteroatoms. The number of piperidine rings is 2. The quantitative estimate of drug-likeness (QED) is 0.877. The lowest BCUT2D eigenvalue weighted by Gasteiger charge is -2.43. The molecule has 4 rings (SSSR count). The molecule has 3 fully saturated rings. The van der Waals surface area contributed by atoms with Crippen LogP contribution in [0, 0.1) is 5.92 Å². The van der Waals surface area contributed by atoms with Gasteiger partial charge in [-0.3, -0.25) is 14.6 Å². The van der Waals surface area contributed by atoms with Crippen LogP contribution < -0.4 is 5.32 Å². The van der Waals surface area contributed by atoms with E-state index < -0.39 is 0 Å². The number of hydrogen-bond donors (Lipinski definition) is 1. The Bertz CT molecular complexity index is 586. The smallest absolute Gasteiger partial charge is 0.225 e. The van der Waals surface area contributed by atoms with Crippen LogP contribution in [0.3, 0.4) is 0 Å². The zero-order valence-electron chi connectivity index (χ0n) is 16.5. The van der Waals surface area contributed by atoms with Gasteiger partial charge in [0.15, 0.2) is 0 Å². The van der Waals surface area contributed by atoms with Crippen LogP contribution in [0.15, 0.2) is 30.3 Å². The lowest BCUT2D eigenvalue weighted by atomic mass is 9.96. The molecule has 0 atom stereocenters. The van der Waals surface area contributed by atoms with Crippen molar-refractivity contribution < 1.29 is 4.79 Å². The number of piperazine rings is 1. The van der Waals surface area contributed by atoms with Gasteiger partial charge in [-0.25, -0.2) is 0 Å². The van der Waals surface area contributed by atoms with Crippen LogP contribution in [0.2, 0.25) is 0 Å². The molecule has 1 aromatic carbocycles.